The number of fused-ring (bicyclic) bond motifs is 1. The predicted octanol–water partition coefficient (Wildman–Crippen LogP) is 3.75. The highest BCUT2D eigenvalue weighted by Gasteiger charge is 2.38. The molecule has 38 heavy (non-hydrogen) atoms. The van der Waals surface area contributed by atoms with Gasteiger partial charge in [0.05, 0.1) is 24.0 Å². The van der Waals surface area contributed by atoms with E-state index >= 15 is 0 Å². The minimum Gasteiger partial charge on any atom is -0.475 e. The average Bonchev–Trinajstić information content (AvgIpc) is 3.27. The second-order valence-electron chi connectivity index (χ2n) is 9.38. The van der Waals surface area contributed by atoms with Crippen LogP contribution in [0.5, 0.6) is 0 Å². The summed E-state index contributed by atoms with van der Waals surface area (Å²) in [6.07, 6.45) is -1.11. The fraction of sp³-hybridized carbons (Fsp3) is 0.360. The number of aliphatic carboxylic acids is 1. The highest BCUT2D eigenvalue weighted by Crippen LogP contribution is 2.26. The van der Waals surface area contributed by atoms with Crippen LogP contribution in [0.15, 0.2) is 42.6 Å². The predicted molar refractivity (Wildman–Crippen MR) is 130 cm³/mol. The molecule has 1 aromatic carbocycles. The smallest absolute Gasteiger partial charge is 0.475 e. The zero-order valence-electron chi connectivity index (χ0n) is 20.7. The van der Waals surface area contributed by atoms with Crippen molar-refractivity contribution in [2.24, 2.45) is 5.73 Å². The number of carboxylic acid groups (broad SMARTS) is 1. The van der Waals surface area contributed by atoms with Gasteiger partial charge in [-0.15, -0.1) is 0 Å². The molecule has 4 N–H and O–H groups in total. The van der Waals surface area contributed by atoms with Crippen LogP contribution in [-0.2, 0) is 22.7 Å². The fourth-order valence-corrected chi connectivity index (χ4v) is 3.87. The highest BCUT2D eigenvalue weighted by molar-refractivity contribution is 5.90. The molecule has 0 aliphatic carbocycles. The van der Waals surface area contributed by atoms with Crippen molar-refractivity contribution in [3.63, 3.8) is 0 Å². The van der Waals surface area contributed by atoms with Crippen LogP contribution in [0.1, 0.15) is 37.1 Å². The Kier molecular flexibility index (Phi) is 8.40. The Hall–Kier alpha value is -4.00. The van der Waals surface area contributed by atoms with Crippen molar-refractivity contribution in [2.75, 3.05) is 18.4 Å². The van der Waals surface area contributed by atoms with Crippen molar-refractivity contribution >= 4 is 29.2 Å². The van der Waals surface area contributed by atoms with E-state index in [1.165, 1.54) is 17.8 Å². The van der Waals surface area contributed by atoms with Crippen molar-refractivity contribution in [2.45, 2.75) is 45.1 Å². The number of carbonyl (C=O) groups is 3. The van der Waals surface area contributed by atoms with E-state index in [1.807, 2.05) is 30.3 Å². The molecule has 2 aliphatic heterocycles. The van der Waals surface area contributed by atoms with Crippen LogP contribution in [0, 0.1) is 5.82 Å². The van der Waals surface area contributed by atoms with Gasteiger partial charge < -0.3 is 26.0 Å². The molecule has 3 heterocycles. The number of benzene rings is 1. The van der Waals surface area contributed by atoms with Crippen LogP contribution in [0.3, 0.4) is 0 Å². The third kappa shape index (κ3) is 7.28. The summed E-state index contributed by atoms with van der Waals surface area (Å²) in [5, 5.41) is 10.0. The zero-order valence-corrected chi connectivity index (χ0v) is 20.7. The molecule has 0 spiro atoms. The number of rotatable bonds is 3. The second kappa shape index (κ2) is 11.2. The van der Waals surface area contributed by atoms with Crippen LogP contribution in [0.25, 0.3) is 5.57 Å². The van der Waals surface area contributed by atoms with E-state index < -0.39 is 23.5 Å². The third-order valence-corrected chi connectivity index (χ3v) is 5.81. The number of urea groups is 1. The number of halogens is 4. The molecule has 0 saturated heterocycles. The number of anilines is 1. The Morgan fingerprint density at radius 1 is 1.08 bits per heavy atom. The Morgan fingerprint density at radius 3 is 2.24 bits per heavy atom. The van der Waals surface area contributed by atoms with Crippen LogP contribution in [-0.4, -0.2) is 62.6 Å². The van der Waals surface area contributed by atoms with Gasteiger partial charge in [-0.2, -0.15) is 13.2 Å². The monoisotopic (exact) mass is 537 g/mol. The maximum Gasteiger partial charge on any atom is 0.490 e. The molecule has 9 nitrogen and oxygen atoms in total. The summed E-state index contributed by atoms with van der Waals surface area (Å²) in [5.74, 6) is -3.21. The second-order valence-corrected chi connectivity index (χ2v) is 9.38. The van der Waals surface area contributed by atoms with Gasteiger partial charge in [0.25, 0.3) is 0 Å². The molecular formula is C25H27F4N5O4. The average molecular weight is 538 g/mol. The van der Waals surface area contributed by atoms with Gasteiger partial charge >= 0.3 is 18.2 Å². The van der Waals surface area contributed by atoms with E-state index in [0.717, 1.165) is 23.2 Å². The third-order valence-electron chi connectivity index (χ3n) is 5.81. The topological polar surface area (TPSA) is 129 Å². The van der Waals surface area contributed by atoms with Crippen molar-refractivity contribution in [3.8, 4) is 0 Å². The van der Waals surface area contributed by atoms with Crippen LogP contribution in [0.4, 0.5) is 28.0 Å². The Labute approximate surface area is 215 Å². The van der Waals surface area contributed by atoms with E-state index in [4.69, 9.17) is 15.6 Å². The number of nitrogens with zero attached hydrogens (tertiary/aromatic N) is 3. The summed E-state index contributed by atoms with van der Waals surface area (Å²) in [6, 6.07) is 8.81. The van der Waals surface area contributed by atoms with Crippen molar-refractivity contribution in [1.29, 1.82) is 0 Å². The van der Waals surface area contributed by atoms with E-state index in [2.05, 4.69) is 10.3 Å². The quantitative estimate of drug-likeness (QED) is 0.512. The number of aromatic nitrogens is 1. The summed E-state index contributed by atoms with van der Waals surface area (Å²) in [6.45, 7) is 5.31. The zero-order chi connectivity index (χ0) is 28.3. The molecular weight excluding hydrogens is 510 g/mol. The maximum absolute atomic E-state index is 13.3. The van der Waals surface area contributed by atoms with Gasteiger partial charge in [0.1, 0.15) is 5.82 Å². The van der Waals surface area contributed by atoms with E-state index in [-0.39, 0.29) is 11.9 Å². The largest absolute Gasteiger partial charge is 0.490 e. The first kappa shape index (κ1) is 28.6. The molecule has 204 valence electrons. The van der Waals surface area contributed by atoms with Crippen molar-refractivity contribution < 1.29 is 37.1 Å². The number of nitrogens with two attached hydrogens (primary N) is 1. The van der Waals surface area contributed by atoms with Crippen LogP contribution < -0.4 is 11.1 Å². The van der Waals surface area contributed by atoms with Crippen molar-refractivity contribution in [1.82, 2.24) is 14.8 Å². The maximum atomic E-state index is 13.3. The number of amides is 3. The molecule has 2 aliphatic rings. The minimum atomic E-state index is -5.08. The van der Waals surface area contributed by atoms with E-state index in [0.29, 0.717) is 31.9 Å². The number of carboxylic acids is 1. The lowest BCUT2D eigenvalue weighted by molar-refractivity contribution is -0.192. The van der Waals surface area contributed by atoms with Crippen molar-refractivity contribution in [3.05, 3.63) is 65.2 Å². The number of carbonyl (C=O) groups excluding carboxylic acids is 2. The standard InChI is InChI=1S/C23H26FN5O2.C2HF3O2/c1-23(2,25)21(30)28-9-7-16(8-10-28)15-3-5-19(6-4-15)27-22(31)29-13-17-11-18(24)12-26-20(17)14-29;3-2(4,5)1(6)7/h3-7,11-12H,8-10,13-14,25H2,1-2H3,(H,27,31);(H,6,7). The first-order valence-electron chi connectivity index (χ1n) is 11.5. The lowest BCUT2D eigenvalue weighted by Crippen LogP contribution is -2.52. The molecule has 13 heteroatoms. The van der Waals surface area contributed by atoms with Gasteiger partial charge in [0.2, 0.25) is 5.91 Å². The molecule has 0 unspecified atom stereocenters. The molecule has 0 fully saturated rings. The Bertz CT molecular complexity index is 1240. The molecule has 3 amide bonds. The normalized spacial score (nSPS) is 15.2. The first-order valence-corrected chi connectivity index (χ1v) is 11.5. The highest BCUT2D eigenvalue weighted by atomic mass is 19.4. The Morgan fingerprint density at radius 2 is 1.71 bits per heavy atom. The van der Waals surface area contributed by atoms with Crippen LogP contribution in [0.2, 0.25) is 0 Å². The number of pyridine rings is 1. The molecule has 2 aromatic rings. The number of nitrogens with one attached hydrogen (secondary N) is 1. The molecule has 0 bridgehead atoms. The van der Waals surface area contributed by atoms with Gasteiger partial charge in [-0.05, 0) is 55.2 Å². The Balaban J connectivity index is 0.000000505. The number of hydrogen-bond acceptors (Lipinski definition) is 5. The summed E-state index contributed by atoms with van der Waals surface area (Å²) in [4.78, 5) is 41.2. The van der Waals surface area contributed by atoms with E-state index in [1.54, 1.807) is 23.6 Å². The molecule has 0 atom stereocenters. The van der Waals surface area contributed by atoms with Gasteiger partial charge in [-0.25, -0.2) is 14.0 Å². The molecule has 1 aromatic heterocycles. The number of hydrogen-bond donors (Lipinski definition) is 3. The van der Waals surface area contributed by atoms with Gasteiger partial charge in [0.15, 0.2) is 0 Å². The van der Waals surface area contributed by atoms with Gasteiger partial charge in [0, 0.05) is 25.3 Å². The molecule has 0 saturated carbocycles. The van der Waals surface area contributed by atoms with Gasteiger partial charge in [-0.1, -0.05) is 18.2 Å². The van der Waals surface area contributed by atoms with Crippen LogP contribution >= 0.6 is 0 Å². The lowest BCUT2D eigenvalue weighted by atomic mass is 9.97. The lowest BCUT2D eigenvalue weighted by Gasteiger charge is -2.31. The summed E-state index contributed by atoms with van der Waals surface area (Å²) < 4.78 is 45.1. The molecule has 4 rings (SSSR count). The molecule has 0 radical (unpaired) electrons. The van der Waals surface area contributed by atoms with Gasteiger partial charge in [-0.3, -0.25) is 9.78 Å². The fourth-order valence-electron chi connectivity index (χ4n) is 3.87. The van der Waals surface area contributed by atoms with E-state index in [9.17, 15) is 27.2 Å². The number of alkyl halides is 3. The summed E-state index contributed by atoms with van der Waals surface area (Å²) >= 11 is 0. The SMILES string of the molecule is CC(C)(N)C(=O)N1CC=C(c2ccc(NC(=O)N3Cc4cc(F)cnc4C3)cc2)CC1.O=C(O)C(F)(F)F. The minimum absolute atomic E-state index is 0.0529. The summed E-state index contributed by atoms with van der Waals surface area (Å²) in [7, 11) is 0. The first-order chi connectivity index (χ1) is 17.6. The summed E-state index contributed by atoms with van der Waals surface area (Å²) in [5.41, 5.74) is 9.42.